The number of hydrogen-bond donors (Lipinski definition) is 7. The lowest BCUT2D eigenvalue weighted by Gasteiger charge is -2.39. The highest BCUT2D eigenvalue weighted by Gasteiger charge is 2.47. The molecule has 8 N–H and O–H groups in total. The van der Waals surface area contributed by atoms with E-state index in [0.717, 1.165) is 40.6 Å². The number of pyridine rings is 2. The smallest absolute Gasteiger partial charge is 0.377 e. The lowest BCUT2D eigenvalue weighted by atomic mass is 9.95. The molecule has 6 heterocycles. The Bertz CT molecular complexity index is 4010. The number of carbonyl (C=O) groups excluding carboxylic acids is 8. The summed E-state index contributed by atoms with van der Waals surface area (Å²) >= 11 is 0. The summed E-state index contributed by atoms with van der Waals surface area (Å²) in [5, 5.41) is 14.0. The van der Waals surface area contributed by atoms with Crippen LogP contribution in [-0.2, 0) is 51.8 Å². The van der Waals surface area contributed by atoms with Gasteiger partial charge in [0.15, 0.2) is 0 Å². The summed E-state index contributed by atoms with van der Waals surface area (Å²) in [6, 6.07) is 29.8. The van der Waals surface area contributed by atoms with Crippen LogP contribution in [0.25, 0.3) is 21.7 Å². The number of hydrogen-bond acceptors (Lipinski definition) is 17. The first kappa shape index (κ1) is 72.1. The minimum atomic E-state index is -4.20. The van der Waals surface area contributed by atoms with Gasteiger partial charge in [-0.25, -0.2) is 4.79 Å². The van der Waals surface area contributed by atoms with E-state index < -0.39 is 78.9 Å². The van der Waals surface area contributed by atoms with Gasteiger partial charge in [-0.1, -0.05) is 84.9 Å². The summed E-state index contributed by atoms with van der Waals surface area (Å²) in [7, 11) is -4.20. The van der Waals surface area contributed by atoms with Crippen LogP contribution < -0.4 is 42.4 Å². The highest BCUT2D eigenvalue weighted by atomic mass is 31.2. The number of anilines is 2. The fourth-order valence-electron chi connectivity index (χ4n) is 12.9. The highest BCUT2D eigenvalue weighted by Crippen LogP contribution is 2.51. The van der Waals surface area contributed by atoms with Crippen molar-refractivity contribution >= 4 is 87.6 Å². The van der Waals surface area contributed by atoms with E-state index in [1.54, 1.807) is 24.8 Å². The van der Waals surface area contributed by atoms with E-state index in [2.05, 4.69) is 47.2 Å². The van der Waals surface area contributed by atoms with Crippen LogP contribution in [0.4, 0.5) is 16.2 Å². The number of carbonyl (C=O) groups is 8. The Labute approximate surface area is 572 Å². The molecule has 3 aliphatic heterocycles. The Morgan fingerprint density at radius 2 is 1.43 bits per heavy atom. The molecule has 4 aromatic carbocycles. The van der Waals surface area contributed by atoms with Gasteiger partial charge in [-0.3, -0.25) is 47.9 Å². The summed E-state index contributed by atoms with van der Waals surface area (Å²) in [6.07, 6.45) is 7.09. The zero-order chi connectivity index (χ0) is 69.8. The van der Waals surface area contributed by atoms with Crippen molar-refractivity contribution < 1.29 is 66.2 Å². The van der Waals surface area contributed by atoms with Crippen molar-refractivity contribution in [1.29, 1.82) is 0 Å². The third kappa shape index (κ3) is 18.6. The molecule has 0 unspecified atom stereocenters. The van der Waals surface area contributed by atoms with Crippen molar-refractivity contribution in [3.8, 4) is 0 Å². The number of fused-ring (bicyclic) bond motifs is 3. The minimum Gasteiger partial charge on any atom is -0.377 e. The van der Waals surface area contributed by atoms with Crippen LogP contribution in [0.15, 0.2) is 145 Å². The number of nitrogens with zero attached hydrogens (tertiary/aromatic N) is 5. The van der Waals surface area contributed by atoms with E-state index in [1.165, 1.54) is 46.3 Å². The van der Waals surface area contributed by atoms with Gasteiger partial charge >= 0.3 is 13.6 Å². The van der Waals surface area contributed by atoms with Crippen LogP contribution in [-0.4, -0.2) is 188 Å². The van der Waals surface area contributed by atoms with Crippen LogP contribution in [0.5, 0.6) is 0 Å². The van der Waals surface area contributed by atoms with Gasteiger partial charge in [0.25, 0.3) is 11.4 Å². The number of aromatic amines is 2. The summed E-state index contributed by atoms with van der Waals surface area (Å²) in [4.78, 5) is 142. The van der Waals surface area contributed by atoms with Crippen molar-refractivity contribution in [2.24, 2.45) is 11.7 Å². The number of aromatic nitrogens is 3. The van der Waals surface area contributed by atoms with E-state index in [-0.39, 0.29) is 133 Å². The molecule has 524 valence electrons. The third-order valence-electron chi connectivity index (χ3n) is 17.7. The average molecular weight is 1380 g/mol. The number of piperidine rings is 1. The Kier molecular flexibility index (Phi) is 25.3. The summed E-state index contributed by atoms with van der Waals surface area (Å²) < 4.78 is 41.5. The molecule has 0 spiro atoms. The summed E-state index contributed by atoms with van der Waals surface area (Å²) in [6.45, 7) is 5.60. The quantitative estimate of drug-likeness (QED) is 0.0179. The normalized spacial score (nSPS) is 17.5. The maximum absolute atomic E-state index is 15.2. The monoisotopic (exact) mass is 1380 g/mol. The number of urea groups is 1. The number of H-pyrrole nitrogens is 2. The zero-order valence-electron chi connectivity index (χ0n) is 55.5. The lowest BCUT2D eigenvalue weighted by Crippen LogP contribution is -2.62. The van der Waals surface area contributed by atoms with Gasteiger partial charge in [-0.15, -0.1) is 0 Å². The predicted octanol–water partition coefficient (Wildman–Crippen LogP) is 6.34. The SMILES string of the molecule is CCOP(=O)(OCC)C(=O)c1ccc2[nH]c(C(=O)N[C@H]3CN(C(=O)NCCOCCOCCOCCN(C(=O)[C@H]4CCCN(c5cncc6ccccc56)C4)c4ccc(=O)[nH]c4)CC[C@H]4CC[C@@H](C(=O)N[C@@H](CCC(N)=O)C(=O)NC(c5ccccc5)c5ccccc5)N4C3=O)cc2c1. The molecule has 27 nitrogen and oxygen atoms in total. The van der Waals surface area contributed by atoms with Crippen molar-refractivity contribution in [3.05, 3.63) is 173 Å². The molecule has 10 rings (SSSR count). The predicted molar refractivity (Wildman–Crippen MR) is 370 cm³/mol. The fourth-order valence-corrected chi connectivity index (χ4v) is 14.3. The number of primary amides is 1. The molecule has 0 saturated carbocycles. The zero-order valence-corrected chi connectivity index (χ0v) is 56.4. The molecule has 3 aliphatic rings. The van der Waals surface area contributed by atoms with Crippen molar-refractivity contribution in [1.82, 2.24) is 46.0 Å². The molecule has 0 radical (unpaired) electrons. The average Bonchev–Trinajstić information content (AvgIpc) is 1.73. The van der Waals surface area contributed by atoms with Crippen LogP contribution in [0.3, 0.4) is 0 Å². The van der Waals surface area contributed by atoms with Gasteiger partial charge in [0, 0.05) is 90.9 Å². The van der Waals surface area contributed by atoms with Crippen LogP contribution >= 0.6 is 7.60 Å². The second-order valence-corrected chi connectivity index (χ2v) is 26.3. The standard InChI is InChI=1S/C71H85N12O15P/c1-3-97-99(93,98-4-2)70(91)49-21-24-56-52(40-49)41-58(76-56)66(87)78-59-46-81(32-29-53-22-26-60(83(53)69(59)90)67(88)77-57(25-27-62(72)84)65(86)79-64(47-14-7-5-8-15-47)48-16-9-6-10-17-48)71(92)74-30-34-94-36-38-96-39-37-95-35-33-82(54-23-28-63(85)75-43-54)68(89)51-19-13-31-80(45-51)61-44-73-42-50-18-11-12-20-55(50)61/h5-12,14-18,20-21,23-24,28,40-44,51,53,57,59-60,64,76H,3-4,13,19,22,25-27,29-39,45-46H2,1-2H3,(H2,72,84)(H,74,92)(H,75,85)(H,77,88)(H,78,87)(H,79,86)/t51-,53+,57-,59-,60-/m0/s1. The lowest BCUT2D eigenvalue weighted by molar-refractivity contribution is -0.143. The Morgan fingerprint density at radius 3 is 2.13 bits per heavy atom. The van der Waals surface area contributed by atoms with Crippen molar-refractivity contribution in [3.63, 3.8) is 0 Å². The fraction of sp³-hybridized carbons (Fsp3) is 0.408. The van der Waals surface area contributed by atoms with Crippen LogP contribution in [0, 0.1) is 5.92 Å². The van der Waals surface area contributed by atoms with E-state index >= 15 is 4.79 Å². The first-order chi connectivity index (χ1) is 48.0. The molecule has 0 aliphatic carbocycles. The van der Waals surface area contributed by atoms with Gasteiger partial charge in [0.1, 0.15) is 23.8 Å². The molecule has 5 atom stereocenters. The molecular formula is C71H85N12O15P. The number of rotatable bonds is 32. The first-order valence-electron chi connectivity index (χ1n) is 33.5. The van der Waals surface area contributed by atoms with E-state index in [4.69, 9.17) is 29.0 Å². The van der Waals surface area contributed by atoms with Gasteiger partial charge < -0.3 is 79.8 Å². The molecule has 3 fully saturated rings. The van der Waals surface area contributed by atoms with Crippen molar-refractivity contribution in [2.75, 3.05) is 102 Å². The number of ether oxygens (including phenoxy) is 3. The topological polar surface area (TPSA) is 348 Å². The summed E-state index contributed by atoms with van der Waals surface area (Å²) in [5.41, 5.74) is 7.92. The second kappa shape index (κ2) is 34.7. The number of nitrogens with two attached hydrogens (primary N) is 1. The van der Waals surface area contributed by atoms with Gasteiger partial charge in [0.05, 0.1) is 88.9 Å². The molecule has 0 bridgehead atoms. The Hall–Kier alpha value is -9.63. The molecule has 7 aromatic rings. The maximum Gasteiger partial charge on any atom is 0.401 e. The van der Waals surface area contributed by atoms with Gasteiger partial charge in [-0.05, 0) is 93.8 Å². The van der Waals surface area contributed by atoms with Crippen molar-refractivity contribution in [2.45, 2.75) is 89.0 Å². The van der Waals surface area contributed by atoms with Gasteiger partial charge in [-0.2, -0.15) is 0 Å². The Morgan fingerprint density at radius 1 is 0.737 bits per heavy atom. The van der Waals surface area contributed by atoms with Crippen LogP contribution in [0.2, 0.25) is 0 Å². The number of amides is 8. The minimum absolute atomic E-state index is 0.0114. The van der Waals surface area contributed by atoms with Gasteiger partial charge in [0.2, 0.25) is 35.1 Å². The molecule has 99 heavy (non-hydrogen) atoms. The molecule has 28 heteroatoms. The first-order valence-corrected chi connectivity index (χ1v) is 35.1. The molecule has 3 saturated heterocycles. The molecule has 8 amide bonds. The maximum atomic E-state index is 15.2. The largest absolute Gasteiger partial charge is 0.401 e. The van der Waals surface area contributed by atoms with E-state index in [9.17, 15) is 42.9 Å². The Balaban J connectivity index is 0.742. The highest BCUT2D eigenvalue weighted by molar-refractivity contribution is 7.72. The number of nitrogens with one attached hydrogen (secondary N) is 6. The van der Waals surface area contributed by atoms with Crippen LogP contribution in [0.1, 0.15) is 96.8 Å². The van der Waals surface area contributed by atoms with E-state index in [1.807, 2.05) is 91.3 Å². The van der Waals surface area contributed by atoms with E-state index in [0.29, 0.717) is 36.0 Å². The summed E-state index contributed by atoms with van der Waals surface area (Å²) in [5.74, 6) is -3.76. The molecule has 3 aromatic heterocycles. The number of benzene rings is 4. The third-order valence-corrected chi connectivity index (χ3v) is 19.7. The molecular weight excluding hydrogens is 1290 g/mol. The second-order valence-electron chi connectivity index (χ2n) is 24.3.